The molecule has 1 aliphatic rings. The van der Waals surface area contributed by atoms with E-state index in [1.807, 2.05) is 27.9 Å². The third-order valence-electron chi connectivity index (χ3n) is 5.38. The third kappa shape index (κ3) is 3.35. The number of carbonyl (C=O) groups is 1. The highest BCUT2D eigenvalue weighted by Crippen LogP contribution is 2.29. The lowest BCUT2D eigenvalue weighted by Crippen LogP contribution is -2.49. The zero-order valence-corrected chi connectivity index (χ0v) is 17.8. The molecule has 1 atom stereocenters. The molecule has 0 aromatic carbocycles. The Morgan fingerprint density at radius 3 is 2.83 bits per heavy atom. The molecule has 1 saturated heterocycles. The number of amides is 1. The Morgan fingerprint density at radius 2 is 2.07 bits per heavy atom. The first kappa shape index (κ1) is 18.4. The minimum absolute atomic E-state index is 0.00284. The van der Waals surface area contributed by atoms with Gasteiger partial charge in [0.05, 0.1) is 16.6 Å². The molecular weight excluding hydrogens is 404 g/mol. The monoisotopic (exact) mass is 424 g/mol. The number of fused-ring (bicyclic) bond motifs is 1. The van der Waals surface area contributed by atoms with Crippen LogP contribution in [0, 0.1) is 6.92 Å². The standard InChI is InChI=1S/C20H20N6OS2/c1-13-21-16(12-29-13)20(27)25-7-6-24(2)18(10-25)19-17-4-3-14(9-26(17)23-22-19)15-5-8-28-11-15/h3-5,8-9,11-12,18H,6-7,10H2,1-2H3/t18-/m0/s1. The van der Waals surface area contributed by atoms with Crippen LogP contribution in [0.3, 0.4) is 0 Å². The van der Waals surface area contributed by atoms with Gasteiger partial charge in [0.25, 0.3) is 5.91 Å². The summed E-state index contributed by atoms with van der Waals surface area (Å²) in [4.78, 5) is 21.4. The van der Waals surface area contributed by atoms with Crippen molar-refractivity contribution in [3.63, 3.8) is 0 Å². The van der Waals surface area contributed by atoms with Crippen LogP contribution in [0.15, 0.2) is 40.5 Å². The first-order valence-electron chi connectivity index (χ1n) is 9.39. The molecule has 0 radical (unpaired) electrons. The number of pyridine rings is 1. The Kier molecular flexibility index (Phi) is 4.65. The van der Waals surface area contributed by atoms with Crippen molar-refractivity contribution in [1.82, 2.24) is 29.6 Å². The molecule has 4 aromatic heterocycles. The lowest BCUT2D eigenvalue weighted by Gasteiger charge is -2.38. The van der Waals surface area contributed by atoms with Crippen molar-refractivity contribution in [2.75, 3.05) is 26.7 Å². The summed E-state index contributed by atoms with van der Waals surface area (Å²) < 4.78 is 1.83. The van der Waals surface area contributed by atoms with E-state index in [0.717, 1.165) is 28.3 Å². The first-order chi connectivity index (χ1) is 14.1. The molecule has 29 heavy (non-hydrogen) atoms. The SMILES string of the molecule is Cc1nc(C(=O)N2CCN(C)[C@H](c3nnn4cc(-c5ccsc5)ccc34)C2)cs1. The van der Waals surface area contributed by atoms with E-state index in [2.05, 4.69) is 56.2 Å². The lowest BCUT2D eigenvalue weighted by molar-refractivity contribution is 0.0537. The smallest absolute Gasteiger partial charge is 0.273 e. The summed E-state index contributed by atoms with van der Waals surface area (Å²) in [5.41, 5.74) is 4.70. The van der Waals surface area contributed by atoms with E-state index in [9.17, 15) is 4.79 Å². The maximum Gasteiger partial charge on any atom is 0.273 e. The highest BCUT2D eigenvalue weighted by molar-refractivity contribution is 7.09. The molecule has 0 bridgehead atoms. The fraction of sp³-hybridized carbons (Fsp3) is 0.300. The second-order valence-corrected chi connectivity index (χ2v) is 9.08. The highest BCUT2D eigenvalue weighted by Gasteiger charge is 2.32. The van der Waals surface area contributed by atoms with Crippen molar-refractivity contribution < 1.29 is 4.79 Å². The molecule has 5 rings (SSSR count). The summed E-state index contributed by atoms with van der Waals surface area (Å²) in [6.45, 7) is 3.96. The van der Waals surface area contributed by atoms with Gasteiger partial charge in [0.2, 0.25) is 0 Å². The van der Waals surface area contributed by atoms with Gasteiger partial charge in [-0.25, -0.2) is 9.50 Å². The largest absolute Gasteiger partial charge is 0.334 e. The molecule has 1 amide bonds. The predicted molar refractivity (Wildman–Crippen MR) is 114 cm³/mol. The average Bonchev–Trinajstić information content (AvgIpc) is 3.48. The third-order valence-corrected chi connectivity index (χ3v) is 6.84. The van der Waals surface area contributed by atoms with E-state index in [-0.39, 0.29) is 11.9 Å². The van der Waals surface area contributed by atoms with Crippen LogP contribution in [0.4, 0.5) is 0 Å². The van der Waals surface area contributed by atoms with Gasteiger partial charge < -0.3 is 4.90 Å². The maximum absolute atomic E-state index is 12.9. The number of thiazole rings is 1. The molecule has 0 aliphatic carbocycles. The molecule has 0 unspecified atom stereocenters. The van der Waals surface area contributed by atoms with Gasteiger partial charge in [-0.15, -0.1) is 16.4 Å². The Hall–Kier alpha value is -2.62. The number of aromatic nitrogens is 4. The number of aryl methyl sites for hydroxylation is 1. The van der Waals surface area contributed by atoms with Crippen molar-refractivity contribution >= 4 is 34.1 Å². The number of carbonyl (C=O) groups excluding carboxylic acids is 1. The molecule has 0 N–H and O–H groups in total. The zero-order chi connectivity index (χ0) is 20.0. The normalized spacial score (nSPS) is 17.9. The first-order valence-corrected chi connectivity index (χ1v) is 11.2. The zero-order valence-electron chi connectivity index (χ0n) is 16.1. The molecular formula is C20H20N6OS2. The van der Waals surface area contributed by atoms with Crippen LogP contribution in [-0.4, -0.2) is 62.2 Å². The van der Waals surface area contributed by atoms with Crippen LogP contribution in [0.5, 0.6) is 0 Å². The minimum atomic E-state index is -0.0105. The van der Waals surface area contributed by atoms with E-state index >= 15 is 0 Å². The summed E-state index contributed by atoms with van der Waals surface area (Å²) in [6.07, 6.45) is 2.01. The number of nitrogens with zero attached hydrogens (tertiary/aromatic N) is 6. The Morgan fingerprint density at radius 1 is 1.17 bits per heavy atom. The van der Waals surface area contributed by atoms with Crippen molar-refractivity contribution in [3.8, 4) is 11.1 Å². The molecule has 4 aromatic rings. The van der Waals surface area contributed by atoms with Crippen LogP contribution < -0.4 is 0 Å². The van der Waals surface area contributed by atoms with E-state index in [4.69, 9.17) is 0 Å². The predicted octanol–water partition coefficient (Wildman–Crippen LogP) is 3.35. The Balaban J connectivity index is 1.44. The van der Waals surface area contributed by atoms with Crippen LogP contribution >= 0.6 is 22.7 Å². The maximum atomic E-state index is 12.9. The molecule has 9 heteroatoms. The summed E-state index contributed by atoms with van der Waals surface area (Å²) in [6, 6.07) is 6.27. The van der Waals surface area contributed by atoms with Crippen LogP contribution in [0.25, 0.3) is 16.6 Å². The van der Waals surface area contributed by atoms with Gasteiger partial charge in [0, 0.05) is 36.8 Å². The molecule has 1 fully saturated rings. The van der Waals surface area contributed by atoms with E-state index in [1.165, 1.54) is 16.9 Å². The highest BCUT2D eigenvalue weighted by atomic mass is 32.1. The fourth-order valence-corrected chi connectivity index (χ4v) is 4.98. The van der Waals surface area contributed by atoms with Crippen molar-refractivity contribution in [1.29, 1.82) is 0 Å². The van der Waals surface area contributed by atoms with Gasteiger partial charge in [-0.2, -0.15) is 11.3 Å². The quantitative estimate of drug-likeness (QED) is 0.505. The van der Waals surface area contributed by atoms with Crippen molar-refractivity contribution in [2.24, 2.45) is 0 Å². The lowest BCUT2D eigenvalue weighted by atomic mass is 10.1. The van der Waals surface area contributed by atoms with Crippen LogP contribution in [0.2, 0.25) is 0 Å². The number of rotatable bonds is 3. The van der Waals surface area contributed by atoms with Gasteiger partial charge in [-0.3, -0.25) is 9.69 Å². The van der Waals surface area contributed by atoms with E-state index in [0.29, 0.717) is 18.8 Å². The van der Waals surface area contributed by atoms with Crippen LogP contribution in [0.1, 0.15) is 27.2 Å². The van der Waals surface area contributed by atoms with Gasteiger partial charge >= 0.3 is 0 Å². The van der Waals surface area contributed by atoms with Gasteiger partial charge in [0.1, 0.15) is 11.4 Å². The Bertz CT molecular complexity index is 1170. The summed E-state index contributed by atoms with van der Waals surface area (Å²) >= 11 is 3.18. The molecule has 148 valence electrons. The topological polar surface area (TPSA) is 66.6 Å². The second kappa shape index (κ2) is 7.33. The van der Waals surface area contributed by atoms with Crippen molar-refractivity contribution in [2.45, 2.75) is 13.0 Å². The molecule has 0 spiro atoms. The summed E-state index contributed by atoms with van der Waals surface area (Å²) in [5.74, 6) is -0.0105. The number of likely N-dealkylation sites (N-methyl/N-ethyl adjacent to an activating group) is 1. The fourth-order valence-electron chi connectivity index (χ4n) is 3.73. The summed E-state index contributed by atoms with van der Waals surface area (Å²) in [5, 5.41) is 15.8. The minimum Gasteiger partial charge on any atom is -0.334 e. The molecule has 0 saturated carbocycles. The molecule has 5 heterocycles. The van der Waals surface area contributed by atoms with Gasteiger partial charge in [-0.1, -0.05) is 11.3 Å². The Labute approximate surface area is 176 Å². The molecule has 7 nitrogen and oxygen atoms in total. The number of piperazine rings is 1. The van der Waals surface area contributed by atoms with Gasteiger partial charge in [-0.05, 0) is 42.4 Å². The number of hydrogen-bond acceptors (Lipinski definition) is 7. The summed E-state index contributed by atoms with van der Waals surface area (Å²) in [7, 11) is 2.07. The van der Waals surface area contributed by atoms with Crippen molar-refractivity contribution in [3.05, 3.63) is 56.9 Å². The van der Waals surface area contributed by atoms with Crippen LogP contribution in [-0.2, 0) is 0 Å². The number of hydrogen-bond donors (Lipinski definition) is 0. The number of thiophene rings is 1. The average molecular weight is 425 g/mol. The van der Waals surface area contributed by atoms with Gasteiger partial charge in [0.15, 0.2) is 0 Å². The van der Waals surface area contributed by atoms with E-state index in [1.54, 1.807) is 11.3 Å². The molecule has 1 aliphatic heterocycles. The van der Waals surface area contributed by atoms with E-state index < -0.39 is 0 Å². The second-order valence-electron chi connectivity index (χ2n) is 7.23.